The third-order valence-electron chi connectivity index (χ3n) is 13.0. The van der Waals surface area contributed by atoms with Crippen molar-refractivity contribution in [2.24, 2.45) is 0 Å². The smallest absolute Gasteiger partial charge is 0.456 e. The van der Waals surface area contributed by atoms with Gasteiger partial charge >= 0.3 is 13.8 Å². The van der Waals surface area contributed by atoms with E-state index in [0.717, 1.165) is 83.5 Å². The van der Waals surface area contributed by atoms with Crippen LogP contribution in [0.1, 0.15) is 271 Å². The quantitative estimate of drug-likeness (QED) is 0.0205. The molecule has 0 heterocycles. The zero-order valence-electron chi connectivity index (χ0n) is 46.8. The van der Waals surface area contributed by atoms with Crippen molar-refractivity contribution in [3.63, 3.8) is 0 Å². The number of allylic oxidation sites excluding steroid dienone is 7. The van der Waals surface area contributed by atoms with Crippen LogP contribution in [0.15, 0.2) is 48.6 Å². The van der Waals surface area contributed by atoms with Crippen molar-refractivity contribution in [2.75, 3.05) is 40.9 Å². The van der Waals surface area contributed by atoms with Gasteiger partial charge in [-0.2, -0.15) is 0 Å². The molecular formula is C60H114N2O7P+. The Labute approximate surface area is 433 Å². The minimum absolute atomic E-state index is 0.0380. The van der Waals surface area contributed by atoms with E-state index in [2.05, 4.69) is 62.5 Å². The lowest BCUT2D eigenvalue weighted by molar-refractivity contribution is -0.870. The molecule has 0 aliphatic carbocycles. The lowest BCUT2D eigenvalue weighted by Gasteiger charge is -2.27. The van der Waals surface area contributed by atoms with Crippen LogP contribution < -0.4 is 5.32 Å². The average Bonchev–Trinajstić information content (AvgIpc) is 3.32. The third-order valence-corrected chi connectivity index (χ3v) is 14.0. The molecule has 10 heteroatoms. The van der Waals surface area contributed by atoms with Gasteiger partial charge in [-0.15, -0.1) is 0 Å². The van der Waals surface area contributed by atoms with Gasteiger partial charge in [0.1, 0.15) is 19.3 Å². The first kappa shape index (κ1) is 68.0. The highest BCUT2D eigenvalue weighted by Crippen LogP contribution is 2.43. The van der Waals surface area contributed by atoms with Crippen molar-refractivity contribution in [1.82, 2.24) is 5.32 Å². The summed E-state index contributed by atoms with van der Waals surface area (Å²) < 4.78 is 30.6. The van der Waals surface area contributed by atoms with E-state index in [1.54, 1.807) is 0 Å². The first-order chi connectivity index (χ1) is 33.9. The number of nitrogens with zero attached hydrogens (tertiary/aromatic N) is 1. The van der Waals surface area contributed by atoms with Gasteiger partial charge in [0.2, 0.25) is 5.91 Å². The van der Waals surface area contributed by atoms with Crippen molar-refractivity contribution in [3.8, 4) is 0 Å². The fourth-order valence-electron chi connectivity index (χ4n) is 8.44. The second kappa shape index (κ2) is 50.5. The number of hydrogen-bond donors (Lipinski definition) is 2. The van der Waals surface area contributed by atoms with Gasteiger partial charge < -0.3 is 19.4 Å². The number of likely N-dealkylation sites (N-methyl/N-ethyl adjacent to an activating group) is 1. The number of quaternary nitrogens is 1. The maximum atomic E-state index is 13.5. The molecule has 410 valence electrons. The van der Waals surface area contributed by atoms with Crippen LogP contribution in [0.2, 0.25) is 0 Å². The second-order valence-corrected chi connectivity index (χ2v) is 22.6. The van der Waals surface area contributed by atoms with Gasteiger partial charge in [0.15, 0.2) is 0 Å². The fourth-order valence-corrected chi connectivity index (χ4v) is 9.18. The topological polar surface area (TPSA) is 111 Å². The molecule has 0 aromatic heterocycles. The highest BCUT2D eigenvalue weighted by atomic mass is 31.2. The van der Waals surface area contributed by atoms with Crippen LogP contribution in [0, 0.1) is 0 Å². The Morgan fingerprint density at radius 1 is 0.514 bits per heavy atom. The minimum Gasteiger partial charge on any atom is -0.456 e. The van der Waals surface area contributed by atoms with E-state index in [9.17, 15) is 19.0 Å². The molecule has 0 radical (unpaired) electrons. The number of esters is 1. The van der Waals surface area contributed by atoms with Gasteiger partial charge in [0.25, 0.3) is 0 Å². The Balaban J connectivity index is 5.35. The monoisotopic (exact) mass is 1010 g/mol. The first-order valence-corrected chi connectivity index (χ1v) is 31.0. The highest BCUT2D eigenvalue weighted by Gasteiger charge is 2.30. The van der Waals surface area contributed by atoms with Crippen molar-refractivity contribution in [1.29, 1.82) is 0 Å². The number of phosphoric ester groups is 1. The third kappa shape index (κ3) is 50.9. The summed E-state index contributed by atoms with van der Waals surface area (Å²) in [5.41, 5.74) is 0. The van der Waals surface area contributed by atoms with Crippen LogP contribution in [0.4, 0.5) is 0 Å². The summed E-state index contributed by atoms with van der Waals surface area (Å²) in [6, 6.07) is -0.852. The maximum absolute atomic E-state index is 13.5. The molecule has 9 nitrogen and oxygen atoms in total. The van der Waals surface area contributed by atoms with Crippen LogP contribution >= 0.6 is 7.82 Å². The fraction of sp³-hybridized carbons (Fsp3) is 0.833. The SMILES string of the molecule is CC/C=C/C/C=C/CCCCCCCCCC(=O)NC(COP(=O)(O)OCC[N+](C)(C)C)C(/C=C/CCCCCCCCCCCCC)OC(=O)CCCCCCCCC/C=C/CCCCCCCC. The number of amides is 1. The normalized spacial score (nSPS) is 14.1. The molecule has 0 fully saturated rings. The Bertz CT molecular complexity index is 1340. The molecule has 0 saturated heterocycles. The molecule has 0 aromatic rings. The van der Waals surface area contributed by atoms with E-state index in [1.165, 1.54) is 154 Å². The second-order valence-electron chi connectivity index (χ2n) is 21.1. The van der Waals surface area contributed by atoms with Crippen molar-refractivity contribution in [2.45, 2.75) is 283 Å². The van der Waals surface area contributed by atoms with Crippen LogP contribution in [0.25, 0.3) is 0 Å². The molecule has 0 saturated carbocycles. The molecule has 0 aromatic carbocycles. The number of carbonyl (C=O) groups excluding carboxylic acids is 2. The van der Waals surface area contributed by atoms with E-state index in [-0.39, 0.29) is 31.5 Å². The summed E-state index contributed by atoms with van der Waals surface area (Å²) in [5, 5.41) is 3.05. The molecule has 3 atom stereocenters. The van der Waals surface area contributed by atoms with Gasteiger partial charge in [-0.25, -0.2) is 4.57 Å². The largest absolute Gasteiger partial charge is 0.472 e. The summed E-state index contributed by atoms with van der Waals surface area (Å²) in [7, 11) is 1.49. The van der Waals surface area contributed by atoms with E-state index < -0.39 is 20.0 Å². The Morgan fingerprint density at radius 3 is 1.37 bits per heavy atom. The van der Waals surface area contributed by atoms with E-state index >= 15 is 0 Å². The van der Waals surface area contributed by atoms with Crippen LogP contribution in [0.3, 0.4) is 0 Å². The summed E-state index contributed by atoms with van der Waals surface area (Å²) in [4.78, 5) is 37.6. The predicted octanol–water partition coefficient (Wildman–Crippen LogP) is 17.7. The van der Waals surface area contributed by atoms with Gasteiger partial charge in [0, 0.05) is 12.8 Å². The number of phosphoric acid groups is 1. The Morgan fingerprint density at radius 2 is 0.914 bits per heavy atom. The lowest BCUT2D eigenvalue weighted by atomic mass is 10.0. The zero-order valence-corrected chi connectivity index (χ0v) is 47.7. The number of carbonyl (C=O) groups is 2. The van der Waals surface area contributed by atoms with E-state index in [1.807, 2.05) is 33.3 Å². The lowest BCUT2D eigenvalue weighted by Crippen LogP contribution is -2.47. The van der Waals surface area contributed by atoms with Gasteiger partial charge in [-0.05, 0) is 83.1 Å². The minimum atomic E-state index is -4.45. The van der Waals surface area contributed by atoms with Crippen LogP contribution in [-0.4, -0.2) is 74.3 Å². The van der Waals surface area contributed by atoms with Crippen molar-refractivity contribution in [3.05, 3.63) is 48.6 Å². The molecular weight excluding hydrogens is 892 g/mol. The average molecular weight is 1010 g/mol. The van der Waals surface area contributed by atoms with Crippen molar-refractivity contribution >= 4 is 19.7 Å². The molecule has 2 N–H and O–H groups in total. The standard InChI is InChI=1S/C60H113N2O7P/c1-7-10-13-16-19-22-25-28-30-31-32-35-38-41-44-47-50-53-60(64)69-58(51-48-45-42-39-36-33-27-24-21-18-15-12-9-3)57(56-68-70(65,66)67-55-54-62(4,5)6)61-59(63)52-49-46-43-40-37-34-29-26-23-20-17-14-11-8-2/h11,14,20,23,28,30,48,51,57-58H,7-10,12-13,15-19,21-22,24-27,29,31-47,49-50,52-56H2,1-6H3,(H-,61,63,65,66)/p+1/b14-11+,23-20+,30-28+,51-48+. The van der Waals surface area contributed by atoms with Gasteiger partial charge in [-0.1, -0.05) is 224 Å². The highest BCUT2D eigenvalue weighted by molar-refractivity contribution is 7.47. The number of nitrogens with one attached hydrogen (secondary N) is 1. The van der Waals surface area contributed by atoms with Crippen LogP contribution in [0.5, 0.6) is 0 Å². The number of hydrogen-bond acceptors (Lipinski definition) is 6. The summed E-state index contributed by atoms with van der Waals surface area (Å²) in [6.07, 6.45) is 61.0. The molecule has 1 amide bonds. The molecule has 0 rings (SSSR count). The summed E-state index contributed by atoms with van der Waals surface area (Å²) in [6.45, 7) is 6.91. The molecule has 0 aliphatic rings. The molecule has 0 bridgehead atoms. The predicted molar refractivity (Wildman–Crippen MR) is 300 cm³/mol. The summed E-state index contributed by atoms with van der Waals surface area (Å²) >= 11 is 0. The maximum Gasteiger partial charge on any atom is 0.472 e. The number of ether oxygens (including phenoxy) is 1. The number of unbranched alkanes of at least 4 members (excludes halogenated alkanes) is 31. The van der Waals surface area contributed by atoms with Gasteiger partial charge in [0.05, 0.1) is 33.8 Å². The van der Waals surface area contributed by atoms with E-state index in [4.69, 9.17) is 13.8 Å². The zero-order chi connectivity index (χ0) is 51.5. The van der Waals surface area contributed by atoms with E-state index in [0.29, 0.717) is 17.4 Å². The van der Waals surface area contributed by atoms with Gasteiger partial charge in [-0.3, -0.25) is 18.6 Å². The number of rotatable bonds is 53. The van der Waals surface area contributed by atoms with Crippen molar-refractivity contribution < 1.29 is 37.3 Å². The molecule has 70 heavy (non-hydrogen) atoms. The van der Waals surface area contributed by atoms with Crippen LogP contribution in [-0.2, 0) is 27.9 Å². The molecule has 0 spiro atoms. The Kier molecular flexibility index (Phi) is 49.0. The summed E-state index contributed by atoms with van der Waals surface area (Å²) in [5.74, 6) is -0.514. The Hall–Kier alpha value is -2.03. The molecule has 0 aliphatic heterocycles. The first-order valence-electron chi connectivity index (χ1n) is 29.5. The molecule has 3 unspecified atom stereocenters.